The van der Waals surface area contributed by atoms with Gasteiger partial charge in [-0.05, 0) is 55.2 Å². The third-order valence-corrected chi connectivity index (χ3v) is 5.39. The first-order chi connectivity index (χ1) is 12.0. The van der Waals surface area contributed by atoms with Gasteiger partial charge in [-0.2, -0.15) is 0 Å². The summed E-state index contributed by atoms with van der Waals surface area (Å²) >= 11 is 0. The molecule has 6 heteroatoms. The summed E-state index contributed by atoms with van der Waals surface area (Å²) in [7, 11) is 2.53. The van der Waals surface area contributed by atoms with Crippen LogP contribution in [-0.4, -0.2) is 32.1 Å². The van der Waals surface area contributed by atoms with Crippen molar-refractivity contribution in [2.24, 2.45) is 17.8 Å². The molecule has 1 aromatic carbocycles. The van der Waals surface area contributed by atoms with Crippen molar-refractivity contribution < 1.29 is 23.9 Å². The zero-order valence-corrected chi connectivity index (χ0v) is 14.5. The molecule has 3 rings (SSSR count). The smallest absolute Gasteiger partial charge is 0.337 e. The molecule has 6 nitrogen and oxygen atoms in total. The van der Waals surface area contributed by atoms with E-state index in [-0.39, 0.29) is 17.0 Å². The van der Waals surface area contributed by atoms with E-state index in [0.29, 0.717) is 23.9 Å². The minimum absolute atomic E-state index is 0.0876. The van der Waals surface area contributed by atoms with E-state index < -0.39 is 11.9 Å². The molecule has 3 atom stereocenters. The molecular weight excluding hydrogens is 322 g/mol. The highest BCUT2D eigenvalue weighted by molar-refractivity contribution is 5.99. The predicted octanol–water partition coefficient (Wildman–Crippen LogP) is 3.02. The normalized spacial score (nSPS) is 24.0. The molecule has 134 valence electrons. The quantitative estimate of drug-likeness (QED) is 0.830. The lowest BCUT2D eigenvalue weighted by molar-refractivity contribution is -0.117. The van der Waals surface area contributed by atoms with Crippen molar-refractivity contribution in [3.63, 3.8) is 0 Å². The lowest BCUT2D eigenvalue weighted by atomic mass is 9.86. The van der Waals surface area contributed by atoms with E-state index in [4.69, 9.17) is 9.47 Å². The molecule has 1 N–H and O–H groups in total. The van der Waals surface area contributed by atoms with Crippen LogP contribution in [0.5, 0.6) is 0 Å². The second kappa shape index (κ2) is 7.25. The number of rotatable bonds is 5. The fraction of sp³-hybridized carbons (Fsp3) is 0.526. The van der Waals surface area contributed by atoms with Crippen molar-refractivity contribution in [2.75, 3.05) is 19.5 Å². The van der Waals surface area contributed by atoms with Gasteiger partial charge in [0.1, 0.15) is 0 Å². The van der Waals surface area contributed by atoms with Gasteiger partial charge in [0.15, 0.2) is 0 Å². The minimum atomic E-state index is -0.575. The summed E-state index contributed by atoms with van der Waals surface area (Å²) in [5.41, 5.74) is 0.790. The van der Waals surface area contributed by atoms with Crippen molar-refractivity contribution in [3.05, 3.63) is 29.3 Å². The summed E-state index contributed by atoms with van der Waals surface area (Å²) in [5.74, 6) is 0.667. The van der Waals surface area contributed by atoms with Gasteiger partial charge in [0.05, 0.1) is 25.3 Å². The molecule has 0 aliphatic heterocycles. The average Bonchev–Trinajstić information content (AvgIpc) is 3.22. The number of carbonyl (C=O) groups excluding carboxylic acids is 3. The standard InChI is InChI=1S/C19H23NO5/c1-24-18(22)14-7-15(19(23)25-2)9-16(8-14)20-17(21)10-13-6-11-3-4-12(13)5-11/h7-9,11-13H,3-6,10H2,1-2H3,(H,20,21)/t11-,12-,13-/m1/s1. The zero-order valence-electron chi connectivity index (χ0n) is 14.5. The molecular formula is C19H23NO5. The molecule has 2 aliphatic rings. The van der Waals surface area contributed by atoms with Crippen molar-refractivity contribution >= 4 is 23.5 Å². The first kappa shape index (κ1) is 17.5. The Morgan fingerprint density at radius 3 is 2.12 bits per heavy atom. The van der Waals surface area contributed by atoms with Gasteiger partial charge in [-0.25, -0.2) is 9.59 Å². The lowest BCUT2D eigenvalue weighted by Gasteiger charge is -2.21. The number of nitrogens with one attached hydrogen (secondary N) is 1. The van der Waals surface area contributed by atoms with Crippen molar-refractivity contribution in [1.82, 2.24) is 0 Å². The fourth-order valence-electron chi connectivity index (χ4n) is 4.25. The van der Waals surface area contributed by atoms with E-state index >= 15 is 0 Å². The van der Waals surface area contributed by atoms with E-state index in [1.54, 1.807) is 0 Å². The van der Waals surface area contributed by atoms with E-state index in [0.717, 1.165) is 12.3 Å². The molecule has 0 spiro atoms. The van der Waals surface area contributed by atoms with Crippen LogP contribution in [0.15, 0.2) is 18.2 Å². The number of methoxy groups -OCH3 is 2. The van der Waals surface area contributed by atoms with Gasteiger partial charge in [-0.15, -0.1) is 0 Å². The number of anilines is 1. The first-order valence-corrected chi connectivity index (χ1v) is 8.61. The fourth-order valence-corrected chi connectivity index (χ4v) is 4.25. The van der Waals surface area contributed by atoms with Gasteiger partial charge in [0, 0.05) is 12.1 Å². The molecule has 1 amide bonds. The van der Waals surface area contributed by atoms with Gasteiger partial charge in [0.2, 0.25) is 5.91 Å². The lowest BCUT2D eigenvalue weighted by Crippen LogP contribution is -2.20. The Balaban J connectivity index is 1.72. The van der Waals surface area contributed by atoms with E-state index in [1.807, 2.05) is 0 Å². The molecule has 2 fully saturated rings. The van der Waals surface area contributed by atoms with E-state index in [9.17, 15) is 14.4 Å². The van der Waals surface area contributed by atoms with Crippen LogP contribution < -0.4 is 5.32 Å². The monoisotopic (exact) mass is 345 g/mol. The Hall–Kier alpha value is -2.37. The van der Waals surface area contributed by atoms with Gasteiger partial charge < -0.3 is 14.8 Å². The maximum atomic E-state index is 12.4. The highest BCUT2D eigenvalue weighted by atomic mass is 16.5. The van der Waals surface area contributed by atoms with Gasteiger partial charge in [-0.1, -0.05) is 6.42 Å². The van der Waals surface area contributed by atoms with E-state index in [1.165, 1.54) is 51.7 Å². The molecule has 1 aromatic rings. The highest BCUT2D eigenvalue weighted by Gasteiger charge is 2.40. The Kier molecular flexibility index (Phi) is 5.06. The number of ether oxygens (including phenoxy) is 2. The number of hydrogen-bond donors (Lipinski definition) is 1. The van der Waals surface area contributed by atoms with Crippen LogP contribution in [0.25, 0.3) is 0 Å². The number of amides is 1. The second-order valence-electron chi connectivity index (χ2n) is 6.97. The van der Waals surface area contributed by atoms with Gasteiger partial charge in [0.25, 0.3) is 0 Å². The number of hydrogen-bond acceptors (Lipinski definition) is 5. The van der Waals surface area contributed by atoms with Crippen LogP contribution in [0.3, 0.4) is 0 Å². The highest BCUT2D eigenvalue weighted by Crippen LogP contribution is 2.49. The van der Waals surface area contributed by atoms with Gasteiger partial charge >= 0.3 is 11.9 Å². The Morgan fingerprint density at radius 1 is 1.00 bits per heavy atom. The molecule has 25 heavy (non-hydrogen) atoms. The van der Waals surface area contributed by atoms with E-state index in [2.05, 4.69) is 5.32 Å². The average molecular weight is 345 g/mol. The molecule has 2 bridgehead atoms. The molecule has 0 heterocycles. The topological polar surface area (TPSA) is 81.7 Å². The van der Waals surface area contributed by atoms with Crippen LogP contribution in [-0.2, 0) is 14.3 Å². The summed E-state index contributed by atoms with van der Waals surface area (Å²) in [5, 5.41) is 2.81. The summed E-state index contributed by atoms with van der Waals surface area (Å²) in [4.78, 5) is 36.0. The molecule has 0 radical (unpaired) electrons. The Bertz CT molecular complexity index is 665. The largest absolute Gasteiger partial charge is 0.465 e. The van der Waals surface area contributed by atoms with Crippen LogP contribution in [0.2, 0.25) is 0 Å². The minimum Gasteiger partial charge on any atom is -0.465 e. The van der Waals surface area contributed by atoms with Crippen LogP contribution >= 0.6 is 0 Å². The maximum Gasteiger partial charge on any atom is 0.337 e. The first-order valence-electron chi connectivity index (χ1n) is 8.61. The number of benzene rings is 1. The molecule has 0 unspecified atom stereocenters. The van der Waals surface area contributed by atoms with Crippen molar-refractivity contribution in [2.45, 2.75) is 32.1 Å². The van der Waals surface area contributed by atoms with Crippen molar-refractivity contribution in [1.29, 1.82) is 0 Å². The summed E-state index contributed by atoms with van der Waals surface area (Å²) in [6.45, 7) is 0. The predicted molar refractivity (Wildman–Crippen MR) is 91.3 cm³/mol. The third kappa shape index (κ3) is 3.83. The summed E-state index contributed by atoms with van der Waals surface area (Å²) in [6.07, 6.45) is 5.40. The SMILES string of the molecule is COC(=O)c1cc(NC(=O)C[C@H]2C[C@@H]3CC[C@@H]2C3)cc(C(=O)OC)c1. The maximum absolute atomic E-state index is 12.4. The van der Waals surface area contributed by atoms with Crippen LogP contribution in [0.1, 0.15) is 52.8 Å². The third-order valence-electron chi connectivity index (χ3n) is 5.39. The number of esters is 2. The van der Waals surface area contributed by atoms with Crippen LogP contribution in [0, 0.1) is 17.8 Å². The van der Waals surface area contributed by atoms with Crippen molar-refractivity contribution in [3.8, 4) is 0 Å². The number of carbonyl (C=O) groups is 3. The summed E-state index contributed by atoms with van der Waals surface area (Å²) in [6, 6.07) is 4.41. The summed E-state index contributed by atoms with van der Waals surface area (Å²) < 4.78 is 9.40. The molecule has 2 saturated carbocycles. The number of fused-ring (bicyclic) bond motifs is 2. The zero-order chi connectivity index (χ0) is 18.0. The van der Waals surface area contributed by atoms with Gasteiger partial charge in [-0.3, -0.25) is 4.79 Å². The Labute approximate surface area is 146 Å². The molecule has 0 saturated heterocycles. The second-order valence-corrected chi connectivity index (χ2v) is 6.97. The molecule has 0 aromatic heterocycles. The van der Waals surface area contributed by atoms with Crippen LogP contribution in [0.4, 0.5) is 5.69 Å². The molecule has 2 aliphatic carbocycles. The Morgan fingerprint density at radius 2 is 1.64 bits per heavy atom.